The van der Waals surface area contributed by atoms with Crippen molar-refractivity contribution in [2.24, 2.45) is 0 Å². The molecular weight excluding hydrogens is 294 g/mol. The molecule has 0 atom stereocenters. The minimum Gasteiger partial charge on any atom is -0.316 e. The van der Waals surface area contributed by atoms with E-state index in [2.05, 4.69) is 53.0 Å². The quantitative estimate of drug-likeness (QED) is 0.530. The van der Waals surface area contributed by atoms with Gasteiger partial charge in [-0.05, 0) is 54.4 Å². The van der Waals surface area contributed by atoms with Gasteiger partial charge in [0.1, 0.15) is 0 Å². The Bertz CT molecular complexity index is 1080. The lowest BCUT2D eigenvalue weighted by Crippen LogP contribution is -1.93. The molecule has 2 aromatic heterocycles. The molecule has 0 saturated carbocycles. The first-order chi connectivity index (χ1) is 11.8. The van der Waals surface area contributed by atoms with Gasteiger partial charge in [0.15, 0.2) is 0 Å². The van der Waals surface area contributed by atoms with Crippen LogP contribution in [0.2, 0.25) is 0 Å². The number of benzene rings is 2. The Kier molecular flexibility index (Phi) is 3.36. The second kappa shape index (κ2) is 5.68. The van der Waals surface area contributed by atoms with Gasteiger partial charge >= 0.3 is 0 Å². The normalized spacial score (nSPS) is 10.7. The van der Waals surface area contributed by atoms with Crippen LogP contribution in [0, 0.1) is 18.3 Å². The number of nitriles is 1. The maximum atomic E-state index is 9.13. The number of aryl methyl sites for hydroxylation is 1. The number of fused-ring (bicyclic) bond motifs is 1. The summed E-state index contributed by atoms with van der Waals surface area (Å²) in [6.45, 7) is 2.10. The van der Waals surface area contributed by atoms with Gasteiger partial charge in [-0.25, -0.2) is 0 Å². The summed E-state index contributed by atoms with van der Waals surface area (Å²) in [6.07, 6.45) is 5.78. The molecule has 2 aromatic carbocycles. The molecule has 0 N–H and O–H groups in total. The Morgan fingerprint density at radius 1 is 1.00 bits per heavy atom. The molecule has 0 unspecified atom stereocenters. The third kappa shape index (κ3) is 2.26. The third-order valence-corrected chi connectivity index (χ3v) is 4.32. The highest BCUT2D eigenvalue weighted by Gasteiger charge is 2.10. The molecule has 24 heavy (non-hydrogen) atoms. The minimum absolute atomic E-state index is 0.661. The highest BCUT2D eigenvalue weighted by Crippen LogP contribution is 2.32. The lowest BCUT2D eigenvalue weighted by atomic mass is 10.00. The predicted molar refractivity (Wildman–Crippen MR) is 96.0 cm³/mol. The summed E-state index contributed by atoms with van der Waals surface area (Å²) >= 11 is 0. The van der Waals surface area contributed by atoms with E-state index in [0.717, 1.165) is 16.8 Å². The minimum atomic E-state index is 0.661. The van der Waals surface area contributed by atoms with E-state index in [-0.39, 0.29) is 0 Å². The number of hydrogen-bond acceptors (Lipinski definition) is 2. The van der Waals surface area contributed by atoms with Crippen LogP contribution < -0.4 is 0 Å². The number of hydrogen-bond donors (Lipinski definition) is 0. The van der Waals surface area contributed by atoms with Gasteiger partial charge in [0, 0.05) is 35.2 Å². The highest BCUT2D eigenvalue weighted by molar-refractivity contribution is 5.96. The van der Waals surface area contributed by atoms with Gasteiger partial charge in [0.05, 0.1) is 17.1 Å². The van der Waals surface area contributed by atoms with Crippen molar-refractivity contribution in [1.29, 1.82) is 5.26 Å². The molecule has 0 saturated heterocycles. The fourth-order valence-electron chi connectivity index (χ4n) is 3.10. The Morgan fingerprint density at radius 3 is 2.71 bits per heavy atom. The molecule has 2 heterocycles. The van der Waals surface area contributed by atoms with Gasteiger partial charge in [-0.1, -0.05) is 18.2 Å². The van der Waals surface area contributed by atoms with Crippen molar-refractivity contribution in [1.82, 2.24) is 9.55 Å². The van der Waals surface area contributed by atoms with Crippen molar-refractivity contribution < 1.29 is 0 Å². The summed E-state index contributed by atoms with van der Waals surface area (Å²) in [5.41, 5.74) is 6.29. The zero-order valence-corrected chi connectivity index (χ0v) is 13.3. The number of nitrogens with zero attached hydrogens (tertiary/aromatic N) is 3. The molecule has 4 rings (SSSR count). The summed E-state index contributed by atoms with van der Waals surface area (Å²) in [4.78, 5) is 4.27. The van der Waals surface area contributed by atoms with E-state index in [1.165, 1.54) is 16.5 Å². The smallest absolute Gasteiger partial charge is 0.0992 e. The van der Waals surface area contributed by atoms with E-state index in [9.17, 15) is 0 Å². The zero-order valence-electron chi connectivity index (χ0n) is 13.3. The maximum absolute atomic E-state index is 9.13. The molecule has 3 nitrogen and oxygen atoms in total. The molecule has 114 valence electrons. The van der Waals surface area contributed by atoms with E-state index >= 15 is 0 Å². The molecule has 3 heteroatoms. The second-order valence-electron chi connectivity index (χ2n) is 5.78. The van der Waals surface area contributed by atoms with Crippen LogP contribution in [0.5, 0.6) is 0 Å². The Labute approximate surface area is 140 Å². The van der Waals surface area contributed by atoms with Crippen LogP contribution in [0.4, 0.5) is 0 Å². The second-order valence-corrected chi connectivity index (χ2v) is 5.78. The lowest BCUT2D eigenvalue weighted by molar-refractivity contribution is 1.13. The average molecular weight is 309 g/mol. The van der Waals surface area contributed by atoms with Gasteiger partial charge < -0.3 is 4.57 Å². The van der Waals surface area contributed by atoms with E-state index in [4.69, 9.17) is 5.26 Å². The Hall–Kier alpha value is -3.38. The summed E-state index contributed by atoms with van der Waals surface area (Å²) in [7, 11) is 0. The fourth-order valence-corrected chi connectivity index (χ4v) is 3.10. The van der Waals surface area contributed by atoms with Crippen LogP contribution in [0.25, 0.3) is 27.7 Å². The highest BCUT2D eigenvalue weighted by atomic mass is 15.0. The first-order valence-electron chi connectivity index (χ1n) is 7.79. The summed E-state index contributed by atoms with van der Waals surface area (Å²) in [5.74, 6) is 0. The standard InChI is InChI=1S/C21H15N3/c1-15-8-10-23-14-20(15)18-6-3-7-21-19(18)9-11-24(21)17-5-2-4-16(12-17)13-22/h2-12,14H,1H3. The fraction of sp³-hybridized carbons (Fsp3) is 0.0476. The molecular formula is C21H15N3. The zero-order chi connectivity index (χ0) is 16.5. The van der Waals surface area contributed by atoms with Crippen molar-refractivity contribution in [2.45, 2.75) is 6.92 Å². The van der Waals surface area contributed by atoms with E-state index in [1.54, 1.807) is 0 Å². The van der Waals surface area contributed by atoms with E-state index in [0.29, 0.717) is 5.56 Å². The van der Waals surface area contributed by atoms with Crippen molar-refractivity contribution in [2.75, 3.05) is 0 Å². The average Bonchev–Trinajstić information content (AvgIpc) is 3.06. The molecule has 0 spiro atoms. The third-order valence-electron chi connectivity index (χ3n) is 4.32. The molecule has 0 amide bonds. The summed E-state index contributed by atoms with van der Waals surface area (Å²) in [5, 5.41) is 10.3. The summed E-state index contributed by atoms with van der Waals surface area (Å²) < 4.78 is 2.12. The van der Waals surface area contributed by atoms with Gasteiger partial charge in [0.2, 0.25) is 0 Å². The van der Waals surface area contributed by atoms with Crippen LogP contribution in [0.3, 0.4) is 0 Å². The van der Waals surface area contributed by atoms with E-state index in [1.807, 2.05) is 42.7 Å². The van der Waals surface area contributed by atoms with Crippen molar-refractivity contribution >= 4 is 10.9 Å². The predicted octanol–water partition coefficient (Wildman–Crippen LogP) is 4.87. The van der Waals surface area contributed by atoms with Crippen LogP contribution in [-0.2, 0) is 0 Å². The monoisotopic (exact) mass is 309 g/mol. The Balaban J connectivity index is 1.95. The lowest BCUT2D eigenvalue weighted by Gasteiger charge is -2.09. The molecule has 0 aliphatic rings. The number of rotatable bonds is 2. The first-order valence-corrected chi connectivity index (χ1v) is 7.79. The van der Waals surface area contributed by atoms with Crippen molar-refractivity contribution in [3.05, 3.63) is 84.3 Å². The first kappa shape index (κ1) is 14.2. The van der Waals surface area contributed by atoms with Gasteiger partial charge in [-0.3, -0.25) is 4.98 Å². The van der Waals surface area contributed by atoms with E-state index < -0.39 is 0 Å². The topological polar surface area (TPSA) is 41.6 Å². The van der Waals surface area contributed by atoms with Crippen molar-refractivity contribution in [3.8, 4) is 22.9 Å². The molecule has 0 fully saturated rings. The molecule has 0 bridgehead atoms. The largest absolute Gasteiger partial charge is 0.316 e. The van der Waals surface area contributed by atoms with Crippen LogP contribution in [-0.4, -0.2) is 9.55 Å². The number of aromatic nitrogens is 2. The van der Waals surface area contributed by atoms with Crippen LogP contribution >= 0.6 is 0 Å². The van der Waals surface area contributed by atoms with Gasteiger partial charge in [-0.15, -0.1) is 0 Å². The van der Waals surface area contributed by atoms with Crippen LogP contribution in [0.15, 0.2) is 73.2 Å². The summed E-state index contributed by atoms with van der Waals surface area (Å²) in [6, 6.07) is 20.3. The van der Waals surface area contributed by atoms with Gasteiger partial charge in [0.25, 0.3) is 0 Å². The molecule has 4 aromatic rings. The Morgan fingerprint density at radius 2 is 1.88 bits per heavy atom. The van der Waals surface area contributed by atoms with Crippen molar-refractivity contribution in [3.63, 3.8) is 0 Å². The van der Waals surface area contributed by atoms with Gasteiger partial charge in [-0.2, -0.15) is 5.26 Å². The molecule has 0 aliphatic heterocycles. The molecule has 0 radical (unpaired) electrons. The van der Waals surface area contributed by atoms with Crippen LogP contribution in [0.1, 0.15) is 11.1 Å². The maximum Gasteiger partial charge on any atom is 0.0992 e. The SMILES string of the molecule is Cc1ccncc1-c1cccc2c1ccn2-c1cccc(C#N)c1. The number of pyridine rings is 1. The molecule has 0 aliphatic carbocycles.